The van der Waals surface area contributed by atoms with E-state index in [0.717, 1.165) is 47.6 Å². The van der Waals surface area contributed by atoms with Crippen LogP contribution in [0.3, 0.4) is 0 Å². The number of aryl methyl sites for hydroxylation is 1. The molecule has 0 atom stereocenters. The van der Waals surface area contributed by atoms with E-state index >= 15 is 0 Å². The Morgan fingerprint density at radius 3 is 2.83 bits per heavy atom. The number of nitrogens with one attached hydrogen (secondary N) is 1. The highest BCUT2D eigenvalue weighted by molar-refractivity contribution is 5.96. The molecule has 1 aromatic carbocycles. The third kappa shape index (κ3) is 4.16. The first kappa shape index (κ1) is 17.9. The molecule has 0 bridgehead atoms. The quantitative estimate of drug-likeness (QED) is 0.666. The number of benzene rings is 1. The summed E-state index contributed by atoms with van der Waals surface area (Å²) in [5.41, 5.74) is 4.61. The van der Waals surface area contributed by atoms with Crippen LogP contribution in [0.2, 0.25) is 0 Å². The maximum atomic E-state index is 12.4. The molecule has 6 nitrogen and oxygen atoms in total. The molecule has 3 aromatic rings. The maximum Gasteiger partial charge on any atom is 0.251 e. The van der Waals surface area contributed by atoms with Crippen molar-refractivity contribution in [1.29, 1.82) is 0 Å². The van der Waals surface area contributed by atoms with Gasteiger partial charge in [0.25, 0.3) is 5.91 Å². The van der Waals surface area contributed by atoms with Crippen molar-refractivity contribution in [3.63, 3.8) is 0 Å². The minimum atomic E-state index is -0.00847. The summed E-state index contributed by atoms with van der Waals surface area (Å²) in [6.07, 6.45) is 12.0. The molecule has 2 saturated carbocycles. The Hall–Kier alpha value is -3.15. The minimum Gasteiger partial charge on any atom is -0.492 e. The molecule has 1 N–H and O–H groups in total. The number of nitrogens with zero attached hydrogens (tertiary/aromatic N) is 3. The molecule has 6 heteroatoms. The molecule has 2 aliphatic carbocycles. The van der Waals surface area contributed by atoms with Gasteiger partial charge in [-0.2, -0.15) is 5.10 Å². The summed E-state index contributed by atoms with van der Waals surface area (Å²) < 4.78 is 7.63. The third-order valence-corrected chi connectivity index (χ3v) is 5.45. The SMILES string of the molecule is Cc1ccc(C(=O)NC2CC2)cc1-c1cnn(-c2cncc(OCC3CC3)c2)c1. The second-order valence-corrected chi connectivity index (χ2v) is 8.08. The number of amides is 1. The van der Waals surface area contributed by atoms with Crippen LogP contribution in [0.25, 0.3) is 16.8 Å². The predicted molar refractivity (Wildman–Crippen MR) is 110 cm³/mol. The molecule has 2 fully saturated rings. The lowest BCUT2D eigenvalue weighted by atomic mass is 10.0. The first-order valence-electron chi connectivity index (χ1n) is 10.2. The molecule has 2 heterocycles. The van der Waals surface area contributed by atoms with Gasteiger partial charge in [0.05, 0.1) is 30.9 Å². The van der Waals surface area contributed by atoms with Crippen LogP contribution in [-0.4, -0.2) is 33.3 Å². The van der Waals surface area contributed by atoms with E-state index in [2.05, 4.69) is 15.4 Å². The Morgan fingerprint density at radius 2 is 2.03 bits per heavy atom. The van der Waals surface area contributed by atoms with Gasteiger partial charge in [0.2, 0.25) is 0 Å². The van der Waals surface area contributed by atoms with Gasteiger partial charge < -0.3 is 10.1 Å². The van der Waals surface area contributed by atoms with Crippen LogP contribution in [-0.2, 0) is 0 Å². The normalized spacial score (nSPS) is 15.9. The molecule has 5 rings (SSSR count). The first-order chi connectivity index (χ1) is 14.2. The highest BCUT2D eigenvalue weighted by Gasteiger charge is 2.24. The summed E-state index contributed by atoms with van der Waals surface area (Å²) in [5, 5.41) is 7.55. The molecule has 0 spiro atoms. The topological polar surface area (TPSA) is 69.0 Å². The Labute approximate surface area is 169 Å². The maximum absolute atomic E-state index is 12.4. The monoisotopic (exact) mass is 388 g/mol. The van der Waals surface area contributed by atoms with Crippen molar-refractivity contribution >= 4 is 5.91 Å². The van der Waals surface area contributed by atoms with Gasteiger partial charge in [-0.25, -0.2) is 4.68 Å². The van der Waals surface area contributed by atoms with Crippen molar-refractivity contribution in [2.45, 2.75) is 38.6 Å². The zero-order valence-electron chi connectivity index (χ0n) is 16.5. The number of pyridine rings is 1. The Morgan fingerprint density at radius 1 is 1.17 bits per heavy atom. The van der Waals surface area contributed by atoms with Crippen molar-refractivity contribution in [3.8, 4) is 22.6 Å². The molecule has 0 saturated heterocycles. The van der Waals surface area contributed by atoms with E-state index < -0.39 is 0 Å². The lowest BCUT2D eigenvalue weighted by molar-refractivity contribution is 0.0951. The molecule has 0 aliphatic heterocycles. The fraction of sp³-hybridized carbons (Fsp3) is 0.348. The van der Waals surface area contributed by atoms with E-state index in [4.69, 9.17) is 4.74 Å². The summed E-state index contributed by atoms with van der Waals surface area (Å²) in [5.74, 6) is 1.45. The molecule has 2 aliphatic rings. The van der Waals surface area contributed by atoms with Crippen molar-refractivity contribution in [1.82, 2.24) is 20.1 Å². The fourth-order valence-corrected chi connectivity index (χ4v) is 3.28. The largest absolute Gasteiger partial charge is 0.492 e. The molecule has 2 aromatic heterocycles. The smallest absolute Gasteiger partial charge is 0.251 e. The van der Waals surface area contributed by atoms with E-state index in [1.165, 1.54) is 12.8 Å². The van der Waals surface area contributed by atoms with E-state index in [1.54, 1.807) is 17.1 Å². The van der Waals surface area contributed by atoms with E-state index in [-0.39, 0.29) is 5.91 Å². The zero-order valence-corrected chi connectivity index (χ0v) is 16.5. The van der Waals surface area contributed by atoms with Crippen LogP contribution >= 0.6 is 0 Å². The Bertz CT molecular complexity index is 1050. The highest BCUT2D eigenvalue weighted by atomic mass is 16.5. The zero-order chi connectivity index (χ0) is 19.8. The lowest BCUT2D eigenvalue weighted by Crippen LogP contribution is -2.25. The van der Waals surface area contributed by atoms with E-state index in [9.17, 15) is 4.79 Å². The molecule has 1 amide bonds. The number of hydrogen-bond donors (Lipinski definition) is 1. The van der Waals surface area contributed by atoms with Gasteiger partial charge >= 0.3 is 0 Å². The number of aromatic nitrogens is 3. The van der Waals surface area contributed by atoms with Gasteiger partial charge in [0.1, 0.15) is 5.75 Å². The van der Waals surface area contributed by atoms with Gasteiger partial charge in [-0.15, -0.1) is 0 Å². The summed E-state index contributed by atoms with van der Waals surface area (Å²) >= 11 is 0. The van der Waals surface area contributed by atoms with Crippen molar-refractivity contribution in [2.75, 3.05) is 6.61 Å². The second-order valence-electron chi connectivity index (χ2n) is 8.08. The standard InChI is InChI=1S/C23H24N4O2/c1-15-2-5-17(23(28)26-19-6-7-19)8-22(15)18-10-25-27(13-18)20-9-21(12-24-11-20)29-14-16-3-4-16/h2,5,8-13,16,19H,3-4,6-7,14H2,1H3,(H,26,28). The third-order valence-electron chi connectivity index (χ3n) is 5.45. The molecular weight excluding hydrogens is 364 g/mol. The number of rotatable bonds is 7. The highest BCUT2D eigenvalue weighted by Crippen LogP contribution is 2.30. The van der Waals surface area contributed by atoms with Crippen LogP contribution in [0.1, 0.15) is 41.6 Å². The number of ether oxygens (including phenoxy) is 1. The molecule has 148 valence electrons. The Balaban J connectivity index is 1.38. The molecule has 0 radical (unpaired) electrons. The van der Waals surface area contributed by atoms with Crippen LogP contribution in [0.4, 0.5) is 0 Å². The summed E-state index contributed by atoms with van der Waals surface area (Å²) in [6, 6.07) is 8.12. The van der Waals surface area contributed by atoms with Crippen LogP contribution in [0.5, 0.6) is 5.75 Å². The lowest BCUT2D eigenvalue weighted by Gasteiger charge is -2.08. The molecule has 29 heavy (non-hydrogen) atoms. The fourth-order valence-electron chi connectivity index (χ4n) is 3.28. The van der Waals surface area contributed by atoms with E-state index in [1.807, 2.05) is 43.6 Å². The molecule has 0 unspecified atom stereocenters. The average molecular weight is 388 g/mol. The summed E-state index contributed by atoms with van der Waals surface area (Å²) in [6.45, 7) is 2.80. The van der Waals surface area contributed by atoms with Crippen LogP contribution in [0.15, 0.2) is 49.1 Å². The number of hydrogen-bond acceptors (Lipinski definition) is 4. The predicted octanol–water partition coefficient (Wildman–Crippen LogP) is 3.92. The summed E-state index contributed by atoms with van der Waals surface area (Å²) in [7, 11) is 0. The number of carbonyl (C=O) groups excluding carboxylic acids is 1. The summed E-state index contributed by atoms with van der Waals surface area (Å²) in [4.78, 5) is 16.7. The van der Waals surface area contributed by atoms with Gasteiger partial charge in [-0.3, -0.25) is 9.78 Å². The first-order valence-corrected chi connectivity index (χ1v) is 10.2. The van der Waals surface area contributed by atoms with Gasteiger partial charge in [-0.05, 0) is 61.8 Å². The van der Waals surface area contributed by atoms with Gasteiger partial charge in [-0.1, -0.05) is 6.07 Å². The van der Waals surface area contributed by atoms with Gasteiger partial charge in [0.15, 0.2) is 0 Å². The van der Waals surface area contributed by atoms with Crippen LogP contribution < -0.4 is 10.1 Å². The Kier molecular flexibility index (Phi) is 4.54. The van der Waals surface area contributed by atoms with Crippen molar-refractivity contribution in [2.24, 2.45) is 5.92 Å². The molecular formula is C23H24N4O2. The average Bonchev–Trinajstić information content (AvgIpc) is 3.67. The van der Waals surface area contributed by atoms with E-state index in [0.29, 0.717) is 17.5 Å². The number of carbonyl (C=O) groups is 1. The minimum absolute atomic E-state index is 0.00847. The van der Waals surface area contributed by atoms with Crippen molar-refractivity contribution in [3.05, 3.63) is 60.2 Å². The van der Waals surface area contributed by atoms with Crippen molar-refractivity contribution < 1.29 is 9.53 Å². The second kappa shape index (κ2) is 7.35. The van der Waals surface area contributed by atoms with Crippen LogP contribution in [0, 0.1) is 12.8 Å². The van der Waals surface area contributed by atoms with Gasteiger partial charge in [0, 0.05) is 29.4 Å².